The Kier molecular flexibility index (Phi) is 10.1. The van der Waals surface area contributed by atoms with Gasteiger partial charge in [-0.3, -0.25) is 0 Å². The molecule has 0 N–H and O–H groups in total. The van der Waals surface area contributed by atoms with Gasteiger partial charge in [0.15, 0.2) is 5.69 Å². The monoisotopic (exact) mass is 832 g/mol. The molecule has 1 radical (unpaired) electrons. The zero-order valence-corrected chi connectivity index (χ0v) is 33.2. The minimum atomic E-state index is -0.246. The van der Waals surface area contributed by atoms with Crippen molar-refractivity contribution in [3.8, 4) is 33.6 Å². The standard InChI is InChI=1S/C27H21N2.C19H24N.Ir/c1-16-10-11-18(14-17(16)2)26-25-21(12-13-29-26)24-20-9-7-6-8-19(20)23(28-5)15-22(24)27(25,3)4;1-18(2,3)15-9-7-8-14(12-15)17-13-16(10-11-20-17)19(4,5)6;/h6-10,12-15H,1-4H3;7,9-13H,1-6H3;/q2*-1;. The molecule has 0 fully saturated rings. The summed E-state index contributed by atoms with van der Waals surface area (Å²) in [4.78, 5) is 13.2. The van der Waals surface area contributed by atoms with Crippen LogP contribution in [-0.2, 0) is 36.4 Å². The third-order valence-corrected chi connectivity index (χ3v) is 9.91. The molecule has 0 unspecified atom stereocenters. The molecular weight excluding hydrogens is 787 g/mol. The van der Waals surface area contributed by atoms with Crippen molar-refractivity contribution in [2.24, 2.45) is 0 Å². The molecule has 0 saturated carbocycles. The molecule has 255 valence electrons. The summed E-state index contributed by atoms with van der Waals surface area (Å²) in [5.41, 5.74) is 14.8. The Morgan fingerprint density at radius 3 is 2.04 bits per heavy atom. The molecule has 4 heteroatoms. The van der Waals surface area contributed by atoms with Crippen molar-refractivity contribution in [2.45, 2.75) is 85.5 Å². The second kappa shape index (κ2) is 13.7. The topological polar surface area (TPSA) is 30.1 Å². The van der Waals surface area contributed by atoms with Crippen LogP contribution < -0.4 is 0 Å². The van der Waals surface area contributed by atoms with Gasteiger partial charge >= 0.3 is 0 Å². The first-order chi connectivity index (χ1) is 23.1. The van der Waals surface area contributed by atoms with Gasteiger partial charge in [0.25, 0.3) is 0 Å². The molecular formula is C46H45IrN3-2. The fourth-order valence-electron chi connectivity index (χ4n) is 6.81. The van der Waals surface area contributed by atoms with Crippen molar-refractivity contribution in [1.29, 1.82) is 0 Å². The van der Waals surface area contributed by atoms with E-state index in [0.29, 0.717) is 5.69 Å². The molecule has 1 aliphatic carbocycles. The van der Waals surface area contributed by atoms with Gasteiger partial charge in [0.1, 0.15) is 0 Å². The van der Waals surface area contributed by atoms with Gasteiger partial charge in [-0.2, -0.15) is 0 Å². The summed E-state index contributed by atoms with van der Waals surface area (Å²) >= 11 is 0. The van der Waals surface area contributed by atoms with Crippen molar-refractivity contribution in [3.63, 3.8) is 0 Å². The van der Waals surface area contributed by atoms with Crippen molar-refractivity contribution in [3.05, 3.63) is 148 Å². The summed E-state index contributed by atoms with van der Waals surface area (Å²) in [6.07, 6.45) is 3.80. The SMILES string of the molecule is CC(C)(C)c1cc[c-]c(-c2cc(C(C)(C)C)ccn2)c1.[C-]#[N+]c1cc2c(c3ccccc13)-c1ccnc(-c3[c-]cc(C)c(C)c3)c1C2(C)C.[Ir]. The Morgan fingerprint density at radius 1 is 0.720 bits per heavy atom. The summed E-state index contributed by atoms with van der Waals surface area (Å²) in [7, 11) is 0. The van der Waals surface area contributed by atoms with Crippen molar-refractivity contribution in [1.82, 2.24) is 9.97 Å². The Bertz CT molecular complexity index is 2200. The second-order valence-corrected chi connectivity index (χ2v) is 15.8. The zero-order valence-electron chi connectivity index (χ0n) is 30.8. The molecule has 0 spiro atoms. The van der Waals surface area contributed by atoms with Crippen molar-refractivity contribution >= 4 is 16.5 Å². The van der Waals surface area contributed by atoms with Crippen LogP contribution in [0.4, 0.5) is 5.69 Å². The first-order valence-corrected chi connectivity index (χ1v) is 17.0. The zero-order chi connectivity index (χ0) is 35.3. The fraction of sp³-hybridized carbons (Fsp3) is 0.283. The van der Waals surface area contributed by atoms with Gasteiger partial charge in [0.2, 0.25) is 0 Å². The maximum atomic E-state index is 7.71. The van der Waals surface area contributed by atoms with Gasteiger partial charge in [0, 0.05) is 37.9 Å². The van der Waals surface area contributed by atoms with Crippen LogP contribution in [0.3, 0.4) is 0 Å². The van der Waals surface area contributed by atoms with E-state index in [1.807, 2.05) is 36.7 Å². The molecule has 0 bridgehead atoms. The van der Waals surface area contributed by atoms with Crippen LogP contribution in [-0.4, -0.2) is 9.97 Å². The number of hydrogen-bond donors (Lipinski definition) is 0. The normalized spacial score (nSPS) is 13.0. The van der Waals surface area contributed by atoms with Gasteiger partial charge in [-0.25, -0.2) is 4.85 Å². The summed E-state index contributed by atoms with van der Waals surface area (Å²) in [6.45, 7) is 29.8. The number of rotatable bonds is 2. The molecule has 0 atom stereocenters. The molecule has 3 nitrogen and oxygen atoms in total. The molecule has 7 rings (SSSR count). The van der Waals surface area contributed by atoms with Gasteiger partial charge in [-0.15, -0.1) is 70.3 Å². The number of pyridine rings is 2. The average Bonchev–Trinajstić information content (AvgIpc) is 3.31. The summed E-state index contributed by atoms with van der Waals surface area (Å²) in [5.74, 6) is 0. The third kappa shape index (κ3) is 6.83. The predicted octanol–water partition coefficient (Wildman–Crippen LogP) is 12.3. The van der Waals surface area contributed by atoms with E-state index in [1.54, 1.807) is 0 Å². The number of nitrogens with zero attached hydrogens (tertiary/aromatic N) is 3. The predicted molar refractivity (Wildman–Crippen MR) is 205 cm³/mol. The number of fused-ring (bicyclic) bond motifs is 5. The second-order valence-electron chi connectivity index (χ2n) is 15.8. The van der Waals surface area contributed by atoms with Crippen LogP contribution in [0.5, 0.6) is 0 Å². The molecule has 2 aromatic heterocycles. The number of aromatic nitrogens is 2. The Balaban J connectivity index is 0.000000204. The fourth-order valence-corrected chi connectivity index (χ4v) is 6.81. The van der Waals surface area contributed by atoms with Crippen LogP contribution >= 0.6 is 0 Å². The van der Waals surface area contributed by atoms with Crippen LogP contribution in [0.1, 0.15) is 88.8 Å². The van der Waals surface area contributed by atoms with Gasteiger partial charge in [-0.05, 0) is 72.9 Å². The quantitative estimate of drug-likeness (QED) is 0.163. The largest absolute Gasteiger partial charge is 0.305 e. The third-order valence-electron chi connectivity index (χ3n) is 9.91. The average molecular weight is 832 g/mol. The molecule has 6 aromatic rings. The molecule has 1 aliphatic rings. The van der Waals surface area contributed by atoms with E-state index in [2.05, 4.69) is 146 Å². The summed E-state index contributed by atoms with van der Waals surface area (Å²) in [6, 6.07) is 34.0. The van der Waals surface area contributed by atoms with Crippen LogP contribution in [0.25, 0.3) is 49.3 Å². The molecule has 0 aliphatic heterocycles. The molecule has 2 heterocycles. The Labute approximate surface area is 312 Å². The summed E-state index contributed by atoms with van der Waals surface area (Å²) in [5, 5.41) is 2.16. The van der Waals surface area contributed by atoms with Crippen LogP contribution in [0.2, 0.25) is 0 Å². The van der Waals surface area contributed by atoms with Crippen molar-refractivity contribution < 1.29 is 20.1 Å². The number of benzene rings is 4. The first-order valence-electron chi connectivity index (χ1n) is 17.0. The molecule has 0 saturated heterocycles. The van der Waals surface area contributed by atoms with Gasteiger partial charge < -0.3 is 9.97 Å². The van der Waals surface area contributed by atoms with Crippen LogP contribution in [0.15, 0.2) is 91.3 Å². The van der Waals surface area contributed by atoms with E-state index in [-0.39, 0.29) is 36.4 Å². The van der Waals surface area contributed by atoms with Gasteiger partial charge in [-0.1, -0.05) is 106 Å². The van der Waals surface area contributed by atoms with E-state index < -0.39 is 0 Å². The van der Waals surface area contributed by atoms with E-state index in [4.69, 9.17) is 11.6 Å². The number of hydrogen-bond acceptors (Lipinski definition) is 2. The first kappa shape index (κ1) is 36.8. The molecule has 50 heavy (non-hydrogen) atoms. The minimum absolute atomic E-state index is 0. The summed E-state index contributed by atoms with van der Waals surface area (Å²) < 4.78 is 0. The van der Waals surface area contributed by atoms with Crippen LogP contribution in [0, 0.1) is 32.6 Å². The Hall–Kier alpha value is -4.42. The molecule has 0 amide bonds. The minimum Gasteiger partial charge on any atom is -0.305 e. The maximum absolute atomic E-state index is 7.71. The Morgan fingerprint density at radius 2 is 1.38 bits per heavy atom. The van der Waals surface area contributed by atoms with E-state index in [9.17, 15) is 0 Å². The van der Waals surface area contributed by atoms with E-state index in [1.165, 1.54) is 44.5 Å². The molecule has 4 aromatic carbocycles. The van der Waals surface area contributed by atoms with Gasteiger partial charge in [0.05, 0.1) is 6.57 Å². The maximum Gasteiger partial charge on any atom is 0.195 e. The number of aryl methyl sites for hydroxylation is 2. The smallest absolute Gasteiger partial charge is 0.195 e. The van der Waals surface area contributed by atoms with E-state index >= 15 is 0 Å². The van der Waals surface area contributed by atoms with Crippen molar-refractivity contribution in [2.75, 3.05) is 0 Å². The van der Waals surface area contributed by atoms with E-state index in [0.717, 1.165) is 33.3 Å².